The van der Waals surface area contributed by atoms with Crippen LogP contribution in [-0.4, -0.2) is 20.5 Å². The molecule has 1 aliphatic heterocycles. The monoisotopic (exact) mass is 452 g/mol. The number of aryl methyl sites for hydroxylation is 1. The number of Topliss-reactive ketones (excluding diaryl/α,β-unsaturated/α-hetero) is 1. The van der Waals surface area contributed by atoms with Gasteiger partial charge in [0, 0.05) is 28.8 Å². The van der Waals surface area contributed by atoms with Gasteiger partial charge in [0.2, 0.25) is 5.95 Å². The zero-order chi connectivity index (χ0) is 21.9. The van der Waals surface area contributed by atoms with Crippen molar-refractivity contribution in [1.82, 2.24) is 14.8 Å². The van der Waals surface area contributed by atoms with Crippen LogP contribution in [0.1, 0.15) is 43.9 Å². The van der Waals surface area contributed by atoms with Crippen molar-refractivity contribution >= 4 is 34.9 Å². The van der Waals surface area contributed by atoms with E-state index in [0.29, 0.717) is 33.8 Å². The van der Waals surface area contributed by atoms with Crippen LogP contribution in [0, 0.1) is 12.3 Å². The summed E-state index contributed by atoms with van der Waals surface area (Å²) in [6.45, 7) is 6.25. The molecule has 0 radical (unpaired) electrons. The first-order chi connectivity index (χ1) is 14.7. The number of aromatic nitrogens is 3. The molecular formula is C24H22Cl2N4O. The maximum Gasteiger partial charge on any atom is 0.226 e. The number of halogens is 2. The molecular weight excluding hydrogens is 431 g/mol. The molecule has 0 amide bonds. The Morgan fingerprint density at radius 3 is 2.68 bits per heavy atom. The van der Waals surface area contributed by atoms with Crippen molar-refractivity contribution in [3.63, 3.8) is 0 Å². The molecule has 1 unspecified atom stereocenters. The molecule has 7 heteroatoms. The van der Waals surface area contributed by atoms with Gasteiger partial charge in [-0.15, -0.1) is 5.10 Å². The fourth-order valence-electron chi connectivity index (χ4n) is 4.53. The molecule has 2 heterocycles. The van der Waals surface area contributed by atoms with Gasteiger partial charge in [-0.2, -0.15) is 4.98 Å². The van der Waals surface area contributed by atoms with E-state index in [9.17, 15) is 4.79 Å². The second-order valence-electron chi connectivity index (χ2n) is 9.08. The fourth-order valence-corrected chi connectivity index (χ4v) is 4.95. The lowest BCUT2D eigenvalue weighted by Crippen LogP contribution is -2.36. The molecule has 3 aromatic rings. The number of carbonyl (C=O) groups is 1. The van der Waals surface area contributed by atoms with Gasteiger partial charge in [-0.1, -0.05) is 72.9 Å². The van der Waals surface area contributed by atoms with Crippen LogP contribution in [-0.2, 0) is 4.79 Å². The molecule has 1 aliphatic carbocycles. The van der Waals surface area contributed by atoms with Crippen LogP contribution >= 0.6 is 23.2 Å². The summed E-state index contributed by atoms with van der Waals surface area (Å²) in [5.41, 5.74) is 4.24. The fraction of sp³-hybridized carbons (Fsp3) is 0.292. The summed E-state index contributed by atoms with van der Waals surface area (Å²) in [4.78, 5) is 18.1. The maximum absolute atomic E-state index is 13.3. The third-order valence-electron chi connectivity index (χ3n) is 5.88. The lowest BCUT2D eigenvalue weighted by atomic mass is 9.73. The number of benzene rings is 2. The summed E-state index contributed by atoms with van der Waals surface area (Å²) in [5, 5.41) is 9.08. The summed E-state index contributed by atoms with van der Waals surface area (Å²) >= 11 is 13.0. The summed E-state index contributed by atoms with van der Waals surface area (Å²) in [6.07, 6.45) is 1.21. The van der Waals surface area contributed by atoms with Gasteiger partial charge in [0.05, 0.1) is 10.0 Å². The Morgan fingerprint density at radius 1 is 1.13 bits per heavy atom. The Labute approximate surface area is 191 Å². The predicted molar refractivity (Wildman–Crippen MR) is 123 cm³/mol. The van der Waals surface area contributed by atoms with Gasteiger partial charge in [0.25, 0.3) is 0 Å². The van der Waals surface area contributed by atoms with Gasteiger partial charge in [0.1, 0.15) is 6.04 Å². The number of nitrogens with zero attached hydrogens (tertiary/aromatic N) is 3. The first-order valence-electron chi connectivity index (χ1n) is 10.2. The molecule has 2 aromatic carbocycles. The normalized spacial score (nSPS) is 19.6. The second kappa shape index (κ2) is 7.21. The lowest BCUT2D eigenvalue weighted by Gasteiger charge is -2.38. The van der Waals surface area contributed by atoms with E-state index in [1.807, 2.05) is 43.3 Å². The molecule has 0 spiro atoms. The van der Waals surface area contributed by atoms with Crippen LogP contribution in [0.3, 0.4) is 0 Å². The predicted octanol–water partition coefficient (Wildman–Crippen LogP) is 6.22. The molecule has 1 N–H and O–H groups in total. The van der Waals surface area contributed by atoms with E-state index in [1.165, 1.54) is 0 Å². The smallest absolute Gasteiger partial charge is 0.226 e. The van der Waals surface area contributed by atoms with Crippen LogP contribution in [0.2, 0.25) is 10.0 Å². The molecule has 1 aromatic heterocycles. The number of allylic oxidation sites excluding steroid dienone is 2. The SMILES string of the molecule is Cc1cccc(-c2nc3n(n2)C(c2cccc(Cl)c2Cl)C2=C(CC(C)(C)CC2=O)N3)c1. The number of anilines is 1. The summed E-state index contributed by atoms with van der Waals surface area (Å²) in [7, 11) is 0. The summed E-state index contributed by atoms with van der Waals surface area (Å²) in [5.74, 6) is 1.29. The highest BCUT2D eigenvalue weighted by molar-refractivity contribution is 6.42. The number of hydrogen-bond donors (Lipinski definition) is 1. The van der Waals surface area contributed by atoms with Gasteiger partial charge in [-0.05, 0) is 30.9 Å². The van der Waals surface area contributed by atoms with Gasteiger partial charge in [0.15, 0.2) is 11.6 Å². The van der Waals surface area contributed by atoms with E-state index in [-0.39, 0.29) is 11.2 Å². The first-order valence-corrected chi connectivity index (χ1v) is 11.0. The van der Waals surface area contributed by atoms with Crippen LogP contribution in [0.25, 0.3) is 11.4 Å². The number of nitrogens with one attached hydrogen (secondary N) is 1. The van der Waals surface area contributed by atoms with Crippen molar-refractivity contribution in [3.8, 4) is 11.4 Å². The van der Waals surface area contributed by atoms with E-state index in [0.717, 1.165) is 28.8 Å². The van der Waals surface area contributed by atoms with Crippen LogP contribution in [0.4, 0.5) is 5.95 Å². The molecule has 5 rings (SSSR count). The van der Waals surface area contributed by atoms with Gasteiger partial charge >= 0.3 is 0 Å². The van der Waals surface area contributed by atoms with Crippen LogP contribution in [0.15, 0.2) is 53.7 Å². The standard InChI is InChI=1S/C24H22Cl2N4O/c1-13-6-4-7-14(10-13)22-28-23-27-17-11-24(2,3)12-18(31)19(17)21(30(23)29-22)15-8-5-9-16(25)20(15)26/h4-10,21H,11-12H2,1-3H3,(H,27,28,29). The molecule has 0 bridgehead atoms. The molecule has 31 heavy (non-hydrogen) atoms. The van der Waals surface area contributed by atoms with Gasteiger partial charge in [-0.25, -0.2) is 4.68 Å². The number of rotatable bonds is 2. The Hall–Kier alpha value is -2.63. The topological polar surface area (TPSA) is 59.8 Å². The third kappa shape index (κ3) is 3.46. The van der Waals surface area contributed by atoms with E-state index in [1.54, 1.807) is 10.7 Å². The van der Waals surface area contributed by atoms with Crippen molar-refractivity contribution in [3.05, 3.63) is 74.9 Å². The Kier molecular flexibility index (Phi) is 4.72. The van der Waals surface area contributed by atoms with Gasteiger partial charge < -0.3 is 5.32 Å². The largest absolute Gasteiger partial charge is 0.328 e. The van der Waals surface area contributed by atoms with Crippen LogP contribution < -0.4 is 5.32 Å². The van der Waals surface area contributed by atoms with Gasteiger partial charge in [-0.3, -0.25) is 4.79 Å². The van der Waals surface area contributed by atoms with E-state index < -0.39 is 6.04 Å². The minimum absolute atomic E-state index is 0.0954. The molecule has 1 atom stereocenters. The minimum atomic E-state index is -0.480. The number of ketones is 1. The van der Waals surface area contributed by atoms with Crippen molar-refractivity contribution in [2.45, 2.75) is 39.7 Å². The second-order valence-corrected chi connectivity index (χ2v) is 9.86. The maximum atomic E-state index is 13.3. The minimum Gasteiger partial charge on any atom is -0.328 e. The molecule has 2 aliphatic rings. The molecule has 158 valence electrons. The van der Waals surface area contributed by atoms with Crippen LogP contribution in [0.5, 0.6) is 0 Å². The third-order valence-corrected chi connectivity index (χ3v) is 6.72. The zero-order valence-electron chi connectivity index (χ0n) is 17.5. The number of carbonyl (C=O) groups excluding carboxylic acids is 1. The van der Waals surface area contributed by atoms with Crippen molar-refractivity contribution in [1.29, 1.82) is 0 Å². The molecule has 0 fully saturated rings. The zero-order valence-corrected chi connectivity index (χ0v) is 19.1. The molecule has 0 saturated heterocycles. The summed E-state index contributed by atoms with van der Waals surface area (Å²) < 4.78 is 1.77. The quantitative estimate of drug-likeness (QED) is 0.501. The Bertz CT molecular complexity index is 1260. The highest BCUT2D eigenvalue weighted by Crippen LogP contribution is 2.47. The molecule has 0 saturated carbocycles. The average Bonchev–Trinajstić information content (AvgIpc) is 3.11. The van der Waals surface area contributed by atoms with Crippen molar-refractivity contribution in [2.75, 3.05) is 5.32 Å². The number of fused-ring (bicyclic) bond motifs is 1. The first kappa shape index (κ1) is 20.3. The Morgan fingerprint density at radius 2 is 1.90 bits per heavy atom. The van der Waals surface area contributed by atoms with Crippen molar-refractivity contribution < 1.29 is 4.79 Å². The van der Waals surface area contributed by atoms with E-state index in [2.05, 4.69) is 19.2 Å². The highest BCUT2D eigenvalue weighted by atomic mass is 35.5. The highest BCUT2D eigenvalue weighted by Gasteiger charge is 2.42. The molecule has 5 nitrogen and oxygen atoms in total. The van der Waals surface area contributed by atoms with E-state index >= 15 is 0 Å². The number of hydrogen-bond acceptors (Lipinski definition) is 4. The average molecular weight is 453 g/mol. The Balaban J connectivity index is 1.72. The lowest BCUT2D eigenvalue weighted by molar-refractivity contribution is -0.118. The van der Waals surface area contributed by atoms with Crippen molar-refractivity contribution in [2.24, 2.45) is 5.41 Å². The van der Waals surface area contributed by atoms with E-state index in [4.69, 9.17) is 33.3 Å². The summed E-state index contributed by atoms with van der Waals surface area (Å²) in [6, 6.07) is 13.1.